The Morgan fingerprint density at radius 1 is 1.15 bits per heavy atom. The molecule has 0 saturated heterocycles. The highest BCUT2D eigenvalue weighted by Gasteiger charge is 2.14. The quantitative estimate of drug-likeness (QED) is 0.710. The Hall–Kier alpha value is -1.12. The minimum absolute atomic E-state index is 0.527. The predicted octanol–water partition coefficient (Wildman–Crippen LogP) is 5.12. The molecule has 2 heteroatoms. The maximum absolute atomic E-state index is 3.71. The highest BCUT2D eigenvalue weighted by molar-refractivity contribution is 7.10. The molecule has 1 atom stereocenters. The van der Waals surface area contributed by atoms with E-state index in [-0.39, 0.29) is 0 Å². The van der Waals surface area contributed by atoms with Crippen LogP contribution in [0.25, 0.3) is 0 Å². The lowest BCUT2D eigenvalue weighted by Crippen LogP contribution is -2.22. The van der Waals surface area contributed by atoms with Gasteiger partial charge < -0.3 is 5.32 Å². The number of hydrogen-bond acceptors (Lipinski definition) is 2. The van der Waals surface area contributed by atoms with Crippen LogP contribution in [0.1, 0.15) is 48.2 Å². The van der Waals surface area contributed by atoms with E-state index < -0.39 is 0 Å². The lowest BCUT2D eigenvalue weighted by molar-refractivity contribution is 0.489. The molecular formula is C18H25NS. The first kappa shape index (κ1) is 15.3. The fraction of sp³-hybridized carbons (Fsp3) is 0.444. The van der Waals surface area contributed by atoms with Crippen LogP contribution in [-0.4, -0.2) is 6.54 Å². The van der Waals surface area contributed by atoms with Crippen molar-refractivity contribution in [3.63, 3.8) is 0 Å². The molecule has 0 radical (unpaired) electrons. The van der Waals surface area contributed by atoms with Gasteiger partial charge in [-0.05, 0) is 61.7 Å². The second-order valence-electron chi connectivity index (χ2n) is 5.35. The van der Waals surface area contributed by atoms with Gasteiger partial charge in [-0.2, -0.15) is 0 Å². The van der Waals surface area contributed by atoms with E-state index in [1.807, 2.05) is 11.3 Å². The lowest BCUT2D eigenvalue weighted by Gasteiger charge is -2.18. The van der Waals surface area contributed by atoms with Crippen molar-refractivity contribution >= 4 is 11.3 Å². The highest BCUT2D eigenvalue weighted by atomic mass is 32.1. The lowest BCUT2D eigenvalue weighted by atomic mass is 10.0. The summed E-state index contributed by atoms with van der Waals surface area (Å²) in [5.41, 5.74) is 2.88. The monoisotopic (exact) mass is 287 g/mol. The second kappa shape index (κ2) is 8.23. The van der Waals surface area contributed by atoms with Gasteiger partial charge in [-0.15, -0.1) is 11.3 Å². The van der Waals surface area contributed by atoms with Gasteiger partial charge in [0.1, 0.15) is 0 Å². The summed E-state index contributed by atoms with van der Waals surface area (Å²) >= 11 is 1.89. The Balaban J connectivity index is 1.89. The number of nitrogens with one attached hydrogen (secondary N) is 1. The fourth-order valence-corrected chi connectivity index (χ4v) is 3.58. The summed E-state index contributed by atoms with van der Waals surface area (Å²) in [5.74, 6) is 0. The van der Waals surface area contributed by atoms with E-state index in [0.717, 1.165) is 6.54 Å². The van der Waals surface area contributed by atoms with Crippen LogP contribution >= 0.6 is 11.3 Å². The number of thiophene rings is 1. The molecule has 0 aliphatic heterocycles. The summed E-state index contributed by atoms with van der Waals surface area (Å²) in [6, 6.07) is 13.6. The number of rotatable bonds is 8. The number of benzene rings is 1. The summed E-state index contributed by atoms with van der Waals surface area (Å²) < 4.78 is 0. The predicted molar refractivity (Wildman–Crippen MR) is 89.5 cm³/mol. The molecule has 0 aliphatic rings. The average Bonchev–Trinajstić information content (AvgIpc) is 2.90. The molecule has 2 rings (SSSR count). The summed E-state index contributed by atoms with van der Waals surface area (Å²) in [7, 11) is 0. The van der Waals surface area contributed by atoms with E-state index in [0.29, 0.717) is 6.04 Å². The van der Waals surface area contributed by atoms with Gasteiger partial charge in [0.2, 0.25) is 0 Å². The van der Waals surface area contributed by atoms with Gasteiger partial charge >= 0.3 is 0 Å². The average molecular weight is 287 g/mol. The van der Waals surface area contributed by atoms with Crippen LogP contribution in [0.2, 0.25) is 0 Å². The van der Waals surface area contributed by atoms with E-state index in [2.05, 4.69) is 60.9 Å². The molecule has 1 unspecified atom stereocenters. The first-order valence-corrected chi connectivity index (χ1v) is 8.50. The first-order chi connectivity index (χ1) is 9.81. The largest absolute Gasteiger partial charge is 0.309 e. The van der Waals surface area contributed by atoms with Crippen LogP contribution in [0.5, 0.6) is 0 Å². The van der Waals surface area contributed by atoms with Crippen molar-refractivity contribution in [3.8, 4) is 0 Å². The van der Waals surface area contributed by atoms with Gasteiger partial charge in [0.05, 0.1) is 0 Å². The third kappa shape index (κ3) is 4.46. The fourth-order valence-electron chi connectivity index (χ4n) is 2.54. The molecule has 1 heterocycles. The van der Waals surface area contributed by atoms with Gasteiger partial charge in [0.25, 0.3) is 0 Å². The Labute approximate surface area is 127 Å². The standard InChI is InChI=1S/C18H25NS/c1-3-13-19-17(18-15(2)12-14-20-18)11-7-10-16-8-5-4-6-9-16/h4-6,8-9,12,14,17,19H,3,7,10-11,13H2,1-2H3. The van der Waals surface area contributed by atoms with E-state index in [1.54, 1.807) is 0 Å². The third-order valence-corrected chi connectivity index (χ3v) is 4.79. The normalized spacial score (nSPS) is 12.5. The van der Waals surface area contributed by atoms with Gasteiger partial charge in [-0.25, -0.2) is 0 Å². The molecule has 1 aromatic heterocycles. The SMILES string of the molecule is CCCNC(CCCc1ccccc1)c1sccc1C. The van der Waals surface area contributed by atoms with Crippen molar-refractivity contribution < 1.29 is 0 Å². The molecule has 0 spiro atoms. The van der Waals surface area contributed by atoms with Crippen molar-refractivity contribution in [3.05, 3.63) is 57.8 Å². The van der Waals surface area contributed by atoms with Crippen LogP contribution in [0.3, 0.4) is 0 Å². The summed E-state index contributed by atoms with van der Waals surface area (Å²) in [6.45, 7) is 5.56. The van der Waals surface area contributed by atoms with Crippen molar-refractivity contribution in [2.45, 2.75) is 45.6 Å². The minimum atomic E-state index is 0.527. The van der Waals surface area contributed by atoms with Crippen molar-refractivity contribution in [2.24, 2.45) is 0 Å². The Morgan fingerprint density at radius 2 is 1.95 bits per heavy atom. The number of hydrogen-bond donors (Lipinski definition) is 1. The number of aryl methyl sites for hydroxylation is 2. The van der Waals surface area contributed by atoms with Gasteiger partial charge in [-0.3, -0.25) is 0 Å². The maximum atomic E-state index is 3.71. The van der Waals surface area contributed by atoms with Crippen molar-refractivity contribution in [1.29, 1.82) is 0 Å². The van der Waals surface area contributed by atoms with Gasteiger partial charge in [0, 0.05) is 10.9 Å². The zero-order valence-electron chi connectivity index (χ0n) is 12.6. The summed E-state index contributed by atoms with van der Waals surface area (Å²) in [4.78, 5) is 1.52. The maximum Gasteiger partial charge on any atom is 0.0417 e. The van der Waals surface area contributed by atoms with E-state index in [1.165, 1.54) is 41.7 Å². The molecular weight excluding hydrogens is 262 g/mol. The molecule has 0 bridgehead atoms. The molecule has 1 nitrogen and oxygen atoms in total. The Morgan fingerprint density at radius 3 is 2.60 bits per heavy atom. The van der Waals surface area contributed by atoms with Crippen molar-refractivity contribution in [1.82, 2.24) is 5.32 Å². The highest BCUT2D eigenvalue weighted by Crippen LogP contribution is 2.27. The topological polar surface area (TPSA) is 12.0 Å². The molecule has 20 heavy (non-hydrogen) atoms. The van der Waals surface area contributed by atoms with Crippen LogP contribution in [0, 0.1) is 6.92 Å². The molecule has 0 aliphatic carbocycles. The first-order valence-electron chi connectivity index (χ1n) is 7.62. The summed E-state index contributed by atoms with van der Waals surface area (Å²) in [5, 5.41) is 5.92. The second-order valence-corrected chi connectivity index (χ2v) is 6.30. The van der Waals surface area contributed by atoms with Crippen LogP contribution in [0.4, 0.5) is 0 Å². The molecule has 1 N–H and O–H groups in total. The van der Waals surface area contributed by atoms with Gasteiger partial charge in [-0.1, -0.05) is 37.3 Å². The molecule has 1 aromatic carbocycles. The molecule has 0 saturated carbocycles. The zero-order chi connectivity index (χ0) is 14.2. The zero-order valence-corrected chi connectivity index (χ0v) is 13.4. The molecule has 0 fully saturated rings. The Kier molecular flexibility index (Phi) is 6.28. The van der Waals surface area contributed by atoms with Crippen LogP contribution in [-0.2, 0) is 6.42 Å². The molecule has 0 amide bonds. The van der Waals surface area contributed by atoms with E-state index in [9.17, 15) is 0 Å². The van der Waals surface area contributed by atoms with E-state index in [4.69, 9.17) is 0 Å². The molecule has 108 valence electrons. The third-order valence-electron chi connectivity index (χ3n) is 3.66. The van der Waals surface area contributed by atoms with Crippen molar-refractivity contribution in [2.75, 3.05) is 6.54 Å². The van der Waals surface area contributed by atoms with Crippen LogP contribution in [0.15, 0.2) is 41.8 Å². The Bertz CT molecular complexity index is 489. The minimum Gasteiger partial charge on any atom is -0.309 e. The van der Waals surface area contributed by atoms with E-state index >= 15 is 0 Å². The van der Waals surface area contributed by atoms with Gasteiger partial charge in [0.15, 0.2) is 0 Å². The molecule has 2 aromatic rings. The smallest absolute Gasteiger partial charge is 0.0417 e. The van der Waals surface area contributed by atoms with Crippen LogP contribution < -0.4 is 5.32 Å². The summed E-state index contributed by atoms with van der Waals surface area (Å²) in [6.07, 6.45) is 4.83.